The van der Waals surface area contributed by atoms with Gasteiger partial charge in [-0.2, -0.15) is 5.10 Å². The van der Waals surface area contributed by atoms with Crippen LogP contribution in [0.15, 0.2) is 90.1 Å². The third-order valence-electron chi connectivity index (χ3n) is 7.18. The average Bonchev–Trinajstić information content (AvgIpc) is 3.43. The number of rotatable bonds is 7. The summed E-state index contributed by atoms with van der Waals surface area (Å²) in [4.78, 5) is 36.8. The van der Waals surface area contributed by atoms with Gasteiger partial charge in [-0.1, -0.05) is 30.3 Å². The highest BCUT2D eigenvalue weighted by Crippen LogP contribution is 2.29. The van der Waals surface area contributed by atoms with Crippen LogP contribution in [-0.2, 0) is 19.6 Å². The molecule has 0 spiro atoms. The van der Waals surface area contributed by atoms with E-state index in [1.807, 2.05) is 72.9 Å². The van der Waals surface area contributed by atoms with Crippen molar-refractivity contribution in [3.05, 3.63) is 107 Å². The van der Waals surface area contributed by atoms with E-state index in [4.69, 9.17) is 10.8 Å². The number of pyridine rings is 2. The molecule has 9 heteroatoms. The maximum absolute atomic E-state index is 13.6. The lowest BCUT2D eigenvalue weighted by Crippen LogP contribution is -2.30. The lowest BCUT2D eigenvalue weighted by molar-refractivity contribution is 0.212. The Morgan fingerprint density at radius 1 is 0.925 bits per heavy atom. The molecule has 0 fully saturated rings. The topological polar surface area (TPSA) is 119 Å². The smallest absolute Gasteiger partial charge is 0.322 e. The van der Waals surface area contributed by atoms with E-state index in [-0.39, 0.29) is 11.6 Å². The molecule has 200 valence electrons. The van der Waals surface area contributed by atoms with Gasteiger partial charge in [0, 0.05) is 54.9 Å². The monoisotopic (exact) mass is 531 g/mol. The summed E-state index contributed by atoms with van der Waals surface area (Å²) in [6, 6.07) is 20.8. The summed E-state index contributed by atoms with van der Waals surface area (Å²) < 4.78 is 1.53. The molecule has 2 amide bonds. The van der Waals surface area contributed by atoms with Crippen molar-refractivity contribution < 1.29 is 4.79 Å². The Morgan fingerprint density at radius 2 is 1.77 bits per heavy atom. The second-order valence-electron chi connectivity index (χ2n) is 9.85. The molecule has 9 nitrogen and oxygen atoms in total. The van der Waals surface area contributed by atoms with Gasteiger partial charge in [-0.25, -0.2) is 9.48 Å². The van der Waals surface area contributed by atoms with Crippen LogP contribution in [0.1, 0.15) is 24.0 Å². The zero-order chi connectivity index (χ0) is 27.5. The molecule has 0 radical (unpaired) electrons. The third-order valence-corrected chi connectivity index (χ3v) is 7.18. The van der Waals surface area contributed by atoms with Crippen molar-refractivity contribution in [1.29, 1.82) is 0 Å². The molecule has 6 rings (SSSR count). The highest BCUT2D eigenvalue weighted by Gasteiger charge is 2.23. The molecule has 0 bridgehead atoms. The second-order valence-corrected chi connectivity index (χ2v) is 9.85. The number of carbonyl (C=O) groups is 1. The fourth-order valence-electron chi connectivity index (χ4n) is 5.06. The van der Waals surface area contributed by atoms with E-state index in [1.165, 1.54) is 4.68 Å². The van der Waals surface area contributed by atoms with Gasteiger partial charge >= 0.3 is 6.03 Å². The van der Waals surface area contributed by atoms with Crippen LogP contribution < -0.4 is 16.6 Å². The molecular formula is C31H29N7O2. The minimum atomic E-state index is -0.164. The standard InChI is InChI=1S/C31H29N7O2/c32-13-1-2-16-38-30(39)27(25-5-3-7-28-26(25)6-4-14-34-28)17-29(36-38)21-8-10-24(11-9-21)35-31(40)37-19-22-12-15-33-18-23(22)20-37/h3-12,14-15,17-18H,1-2,13,16,19-20,32H2,(H,35,40). The Labute approximate surface area is 231 Å². The van der Waals surface area contributed by atoms with E-state index in [0.717, 1.165) is 46.0 Å². The van der Waals surface area contributed by atoms with Crippen LogP contribution in [0.3, 0.4) is 0 Å². The molecule has 2 aromatic carbocycles. The van der Waals surface area contributed by atoms with Gasteiger partial charge < -0.3 is 16.0 Å². The SMILES string of the molecule is NCCCCn1nc(-c2ccc(NC(=O)N3Cc4ccncc4C3)cc2)cc(-c2cccc3ncccc23)c1=O. The molecule has 3 N–H and O–H groups in total. The van der Waals surface area contributed by atoms with Crippen molar-refractivity contribution in [2.24, 2.45) is 5.73 Å². The molecule has 0 unspecified atom stereocenters. The van der Waals surface area contributed by atoms with Crippen LogP contribution >= 0.6 is 0 Å². The van der Waals surface area contributed by atoms with Crippen molar-refractivity contribution in [2.75, 3.05) is 11.9 Å². The summed E-state index contributed by atoms with van der Waals surface area (Å²) in [6.07, 6.45) is 6.86. The molecule has 4 heterocycles. The number of urea groups is 1. The predicted octanol–water partition coefficient (Wildman–Crippen LogP) is 4.81. The molecule has 3 aromatic heterocycles. The Bertz CT molecular complexity index is 1720. The fourth-order valence-corrected chi connectivity index (χ4v) is 5.06. The minimum absolute atomic E-state index is 0.150. The Hall–Kier alpha value is -4.89. The van der Waals surface area contributed by atoms with E-state index in [1.54, 1.807) is 17.3 Å². The van der Waals surface area contributed by atoms with Gasteiger partial charge in [0.25, 0.3) is 5.56 Å². The van der Waals surface area contributed by atoms with Crippen LogP contribution in [0.25, 0.3) is 33.3 Å². The molecule has 5 aromatic rings. The maximum Gasteiger partial charge on any atom is 0.322 e. The van der Waals surface area contributed by atoms with E-state index in [9.17, 15) is 9.59 Å². The van der Waals surface area contributed by atoms with E-state index >= 15 is 0 Å². The summed E-state index contributed by atoms with van der Waals surface area (Å²) in [6.45, 7) is 2.13. The Balaban J connectivity index is 1.30. The number of anilines is 1. The lowest BCUT2D eigenvalue weighted by Gasteiger charge is -2.16. The first kappa shape index (κ1) is 25.4. The largest absolute Gasteiger partial charge is 0.330 e. The number of hydrogen-bond acceptors (Lipinski definition) is 6. The van der Waals surface area contributed by atoms with Crippen LogP contribution in [0.5, 0.6) is 0 Å². The Morgan fingerprint density at radius 3 is 2.60 bits per heavy atom. The van der Waals surface area contributed by atoms with Crippen molar-refractivity contribution in [3.8, 4) is 22.4 Å². The second kappa shape index (κ2) is 11.1. The molecule has 0 aliphatic carbocycles. The molecule has 0 saturated heterocycles. The fraction of sp³-hybridized carbons (Fsp3) is 0.194. The number of fused-ring (bicyclic) bond motifs is 2. The molecular weight excluding hydrogens is 502 g/mol. The highest BCUT2D eigenvalue weighted by atomic mass is 16.2. The van der Waals surface area contributed by atoms with Crippen molar-refractivity contribution in [3.63, 3.8) is 0 Å². The van der Waals surface area contributed by atoms with Gasteiger partial charge in [-0.05, 0) is 72.5 Å². The molecule has 1 aliphatic heterocycles. The van der Waals surface area contributed by atoms with Crippen LogP contribution in [0.4, 0.5) is 10.5 Å². The van der Waals surface area contributed by atoms with Crippen molar-refractivity contribution >= 4 is 22.6 Å². The summed E-state index contributed by atoms with van der Waals surface area (Å²) in [5.41, 5.74) is 12.1. The summed E-state index contributed by atoms with van der Waals surface area (Å²) >= 11 is 0. The zero-order valence-electron chi connectivity index (χ0n) is 22.0. The van der Waals surface area contributed by atoms with Gasteiger partial charge in [-0.3, -0.25) is 14.8 Å². The van der Waals surface area contributed by atoms with Gasteiger partial charge in [-0.15, -0.1) is 0 Å². The number of nitrogens with one attached hydrogen (secondary N) is 1. The number of amides is 2. The summed E-state index contributed by atoms with van der Waals surface area (Å²) in [5, 5.41) is 8.59. The van der Waals surface area contributed by atoms with Crippen LogP contribution in [0.2, 0.25) is 0 Å². The van der Waals surface area contributed by atoms with Gasteiger partial charge in [0.15, 0.2) is 0 Å². The average molecular weight is 532 g/mol. The quantitative estimate of drug-likeness (QED) is 0.291. The third kappa shape index (κ3) is 5.06. The highest BCUT2D eigenvalue weighted by molar-refractivity contribution is 5.95. The number of carbonyl (C=O) groups excluding carboxylic acids is 1. The first-order chi connectivity index (χ1) is 19.6. The number of nitrogens with two attached hydrogens (primary N) is 1. The number of aromatic nitrogens is 4. The number of benzene rings is 2. The van der Waals surface area contributed by atoms with E-state index in [2.05, 4.69) is 15.3 Å². The normalized spacial score (nSPS) is 12.5. The number of unbranched alkanes of at least 4 members (excludes halogenated alkanes) is 1. The number of aryl methyl sites for hydroxylation is 1. The predicted molar refractivity (Wildman–Crippen MR) is 155 cm³/mol. The molecule has 0 atom stereocenters. The van der Waals surface area contributed by atoms with E-state index < -0.39 is 0 Å². The van der Waals surface area contributed by atoms with Gasteiger partial charge in [0.1, 0.15) is 0 Å². The maximum atomic E-state index is 13.6. The lowest BCUT2D eigenvalue weighted by atomic mass is 10.00. The van der Waals surface area contributed by atoms with Crippen molar-refractivity contribution in [2.45, 2.75) is 32.5 Å². The molecule has 0 saturated carbocycles. The number of nitrogens with zero attached hydrogens (tertiary/aromatic N) is 5. The first-order valence-corrected chi connectivity index (χ1v) is 13.4. The van der Waals surface area contributed by atoms with Gasteiger partial charge in [0.2, 0.25) is 0 Å². The van der Waals surface area contributed by atoms with Crippen LogP contribution in [-0.4, -0.2) is 37.2 Å². The summed E-state index contributed by atoms with van der Waals surface area (Å²) in [5.74, 6) is 0. The van der Waals surface area contributed by atoms with Crippen LogP contribution in [0, 0.1) is 0 Å². The minimum Gasteiger partial charge on any atom is -0.330 e. The molecule has 40 heavy (non-hydrogen) atoms. The van der Waals surface area contributed by atoms with Gasteiger partial charge in [0.05, 0.1) is 16.8 Å². The summed E-state index contributed by atoms with van der Waals surface area (Å²) in [7, 11) is 0. The Kier molecular flexibility index (Phi) is 7.03. The first-order valence-electron chi connectivity index (χ1n) is 13.4. The van der Waals surface area contributed by atoms with Crippen molar-refractivity contribution in [1.82, 2.24) is 24.6 Å². The number of hydrogen-bond donors (Lipinski definition) is 2. The van der Waals surface area contributed by atoms with E-state index in [0.29, 0.717) is 43.1 Å². The molecule has 1 aliphatic rings. The zero-order valence-corrected chi connectivity index (χ0v) is 22.0.